The van der Waals surface area contributed by atoms with E-state index in [0.29, 0.717) is 30.2 Å². The van der Waals surface area contributed by atoms with Gasteiger partial charge in [-0.1, -0.05) is 6.07 Å². The van der Waals surface area contributed by atoms with Crippen molar-refractivity contribution in [2.75, 3.05) is 18.5 Å². The van der Waals surface area contributed by atoms with Crippen LogP contribution < -0.4 is 15.8 Å². The highest BCUT2D eigenvalue weighted by molar-refractivity contribution is 6.00. The fraction of sp³-hybridized carbons (Fsp3) is 0.222. The molecule has 0 fully saturated rings. The van der Waals surface area contributed by atoms with Crippen LogP contribution in [0.25, 0.3) is 0 Å². The van der Waals surface area contributed by atoms with Crippen LogP contribution in [0.5, 0.6) is 5.75 Å². The molecule has 0 atom stereocenters. The van der Waals surface area contributed by atoms with E-state index < -0.39 is 5.91 Å². The lowest BCUT2D eigenvalue weighted by atomic mass is 10.1. The second-order valence-corrected chi connectivity index (χ2v) is 2.82. The molecule has 4 nitrogen and oxygen atoms in total. The van der Waals surface area contributed by atoms with Crippen LogP contribution in [-0.4, -0.2) is 19.1 Å². The molecule has 0 spiro atoms. The first-order chi connectivity index (χ1) is 6.29. The summed E-state index contributed by atoms with van der Waals surface area (Å²) in [5.41, 5.74) is 6.40. The summed E-state index contributed by atoms with van der Waals surface area (Å²) in [7, 11) is 0. The predicted molar refractivity (Wildman–Crippen MR) is 48.9 cm³/mol. The smallest absolute Gasteiger partial charge is 0.250 e. The van der Waals surface area contributed by atoms with E-state index in [1.807, 2.05) is 6.07 Å². The lowest BCUT2D eigenvalue weighted by Crippen LogP contribution is -2.22. The first kappa shape index (κ1) is 7.91. The Balaban J connectivity index is 2.52. The average molecular weight is 178 g/mol. The van der Waals surface area contributed by atoms with Crippen LogP contribution in [0.1, 0.15) is 10.4 Å². The lowest BCUT2D eigenvalue weighted by Gasteiger charge is -2.20. The van der Waals surface area contributed by atoms with Gasteiger partial charge in [-0.2, -0.15) is 0 Å². The van der Waals surface area contributed by atoms with E-state index in [0.717, 1.165) is 0 Å². The van der Waals surface area contributed by atoms with Crippen molar-refractivity contribution in [3.05, 3.63) is 23.8 Å². The molecule has 1 aliphatic rings. The van der Waals surface area contributed by atoms with Crippen molar-refractivity contribution in [2.24, 2.45) is 5.73 Å². The van der Waals surface area contributed by atoms with E-state index >= 15 is 0 Å². The zero-order chi connectivity index (χ0) is 9.26. The molecule has 0 aromatic heterocycles. The quantitative estimate of drug-likeness (QED) is 0.661. The third-order valence-corrected chi connectivity index (χ3v) is 1.95. The van der Waals surface area contributed by atoms with Gasteiger partial charge in [-0.05, 0) is 12.1 Å². The number of primary amides is 1. The van der Waals surface area contributed by atoms with E-state index in [4.69, 9.17) is 10.5 Å². The maximum absolute atomic E-state index is 11.0. The summed E-state index contributed by atoms with van der Waals surface area (Å²) in [6.07, 6.45) is 0. The normalized spacial score (nSPS) is 13.8. The number of benzene rings is 1. The summed E-state index contributed by atoms with van der Waals surface area (Å²) in [5, 5.41) is 3.09. The zero-order valence-corrected chi connectivity index (χ0v) is 7.04. The van der Waals surface area contributed by atoms with E-state index in [2.05, 4.69) is 5.32 Å². The van der Waals surface area contributed by atoms with Crippen LogP contribution in [0.2, 0.25) is 0 Å². The number of fused-ring (bicyclic) bond motifs is 1. The van der Waals surface area contributed by atoms with Gasteiger partial charge in [0.05, 0.1) is 11.3 Å². The molecule has 0 unspecified atom stereocenters. The molecule has 0 radical (unpaired) electrons. The van der Waals surface area contributed by atoms with E-state index in [1.54, 1.807) is 12.1 Å². The van der Waals surface area contributed by atoms with Gasteiger partial charge in [0.1, 0.15) is 12.4 Å². The number of ether oxygens (including phenoxy) is 1. The summed E-state index contributed by atoms with van der Waals surface area (Å²) in [6, 6.07) is 5.25. The van der Waals surface area contributed by atoms with E-state index in [9.17, 15) is 4.79 Å². The monoisotopic (exact) mass is 178 g/mol. The summed E-state index contributed by atoms with van der Waals surface area (Å²) < 4.78 is 5.34. The highest BCUT2D eigenvalue weighted by Crippen LogP contribution is 2.30. The van der Waals surface area contributed by atoms with Gasteiger partial charge in [-0.15, -0.1) is 0 Å². The third kappa shape index (κ3) is 1.30. The highest BCUT2D eigenvalue weighted by atomic mass is 16.5. The minimum atomic E-state index is -0.435. The number of hydrogen-bond acceptors (Lipinski definition) is 3. The van der Waals surface area contributed by atoms with Gasteiger partial charge in [0.2, 0.25) is 0 Å². The highest BCUT2D eigenvalue weighted by Gasteiger charge is 2.15. The molecule has 0 aliphatic carbocycles. The van der Waals surface area contributed by atoms with Gasteiger partial charge in [0.15, 0.2) is 0 Å². The number of carbonyl (C=O) groups excluding carboxylic acids is 1. The Labute approximate surface area is 75.7 Å². The van der Waals surface area contributed by atoms with Gasteiger partial charge < -0.3 is 15.8 Å². The van der Waals surface area contributed by atoms with Gasteiger partial charge in [-0.25, -0.2) is 0 Å². The second kappa shape index (κ2) is 2.97. The Morgan fingerprint density at radius 1 is 1.54 bits per heavy atom. The van der Waals surface area contributed by atoms with Gasteiger partial charge in [-0.3, -0.25) is 4.79 Å². The average Bonchev–Trinajstić information content (AvgIpc) is 2.17. The summed E-state index contributed by atoms with van der Waals surface area (Å²) >= 11 is 0. The molecule has 68 valence electrons. The van der Waals surface area contributed by atoms with Crippen LogP contribution in [0.4, 0.5) is 5.69 Å². The fourth-order valence-electron chi connectivity index (χ4n) is 1.38. The third-order valence-electron chi connectivity index (χ3n) is 1.95. The maximum atomic E-state index is 11.0. The van der Waals surface area contributed by atoms with Crippen molar-refractivity contribution in [3.63, 3.8) is 0 Å². The number of hydrogen-bond donors (Lipinski definition) is 2. The van der Waals surface area contributed by atoms with Crippen molar-refractivity contribution >= 4 is 11.6 Å². The van der Waals surface area contributed by atoms with Gasteiger partial charge in [0, 0.05) is 6.54 Å². The van der Waals surface area contributed by atoms with Crippen molar-refractivity contribution in [1.29, 1.82) is 0 Å². The van der Waals surface area contributed by atoms with Crippen LogP contribution in [0.3, 0.4) is 0 Å². The lowest BCUT2D eigenvalue weighted by molar-refractivity contribution is 0.100. The van der Waals surface area contributed by atoms with Crippen molar-refractivity contribution < 1.29 is 9.53 Å². The standard InChI is InChI=1S/C9H10N2O2/c10-9(12)6-2-1-3-7-8(6)11-4-5-13-7/h1-3,11H,4-5H2,(H2,10,12). The first-order valence-corrected chi connectivity index (χ1v) is 4.08. The Bertz CT molecular complexity index is 349. The number of carbonyl (C=O) groups is 1. The Hall–Kier alpha value is -1.71. The number of amides is 1. The molecular formula is C9H10N2O2. The van der Waals surface area contributed by atoms with Crippen LogP contribution in [0.15, 0.2) is 18.2 Å². The molecule has 4 heteroatoms. The molecule has 3 N–H and O–H groups in total. The SMILES string of the molecule is NC(=O)c1cccc2c1NCCO2. The molecule has 13 heavy (non-hydrogen) atoms. The minimum Gasteiger partial charge on any atom is -0.490 e. The topological polar surface area (TPSA) is 64.4 Å². The summed E-state index contributed by atoms with van der Waals surface area (Å²) in [6.45, 7) is 1.33. The zero-order valence-electron chi connectivity index (χ0n) is 7.04. The number of anilines is 1. The molecule has 0 saturated carbocycles. The molecule has 0 bridgehead atoms. The van der Waals surface area contributed by atoms with Gasteiger partial charge in [0.25, 0.3) is 5.91 Å². The predicted octanol–water partition coefficient (Wildman–Crippen LogP) is 0.590. The van der Waals surface area contributed by atoms with Gasteiger partial charge >= 0.3 is 0 Å². The molecule has 1 aromatic carbocycles. The van der Waals surface area contributed by atoms with Crippen LogP contribution >= 0.6 is 0 Å². The molecular weight excluding hydrogens is 168 g/mol. The summed E-state index contributed by atoms with van der Waals surface area (Å²) in [5.74, 6) is 0.261. The molecule has 2 rings (SSSR count). The summed E-state index contributed by atoms with van der Waals surface area (Å²) in [4.78, 5) is 11.0. The molecule has 0 saturated heterocycles. The molecule has 1 aromatic rings. The number of nitrogens with two attached hydrogens (primary N) is 1. The van der Waals surface area contributed by atoms with Crippen molar-refractivity contribution in [3.8, 4) is 5.75 Å². The number of rotatable bonds is 1. The Morgan fingerprint density at radius 3 is 3.15 bits per heavy atom. The van der Waals surface area contributed by atoms with Crippen molar-refractivity contribution in [2.45, 2.75) is 0 Å². The molecule has 1 heterocycles. The number of nitrogens with one attached hydrogen (secondary N) is 1. The largest absolute Gasteiger partial charge is 0.490 e. The maximum Gasteiger partial charge on any atom is 0.250 e. The Morgan fingerprint density at radius 2 is 2.38 bits per heavy atom. The van der Waals surface area contributed by atoms with Crippen LogP contribution in [0, 0.1) is 0 Å². The van der Waals surface area contributed by atoms with Crippen molar-refractivity contribution in [1.82, 2.24) is 0 Å². The first-order valence-electron chi connectivity index (χ1n) is 4.08. The van der Waals surface area contributed by atoms with E-state index in [-0.39, 0.29) is 0 Å². The minimum absolute atomic E-state index is 0.435. The fourth-order valence-corrected chi connectivity index (χ4v) is 1.38. The molecule has 1 amide bonds. The number of para-hydroxylation sites is 1. The molecule has 1 aliphatic heterocycles. The van der Waals surface area contributed by atoms with E-state index in [1.165, 1.54) is 0 Å². The van der Waals surface area contributed by atoms with Crippen LogP contribution in [-0.2, 0) is 0 Å². The second-order valence-electron chi connectivity index (χ2n) is 2.82. The Kier molecular flexibility index (Phi) is 1.81.